The minimum absolute atomic E-state index is 0.113. The smallest absolute Gasteiger partial charge is 0.303 e. The summed E-state index contributed by atoms with van der Waals surface area (Å²) >= 11 is 0. The first-order chi connectivity index (χ1) is 17.2. The number of hydrogen-bond donors (Lipinski definition) is 3. The number of carbonyl (C=O) groups is 1. The average Bonchev–Trinajstić information content (AvgIpc) is 3.23. The summed E-state index contributed by atoms with van der Waals surface area (Å²) in [5.74, 6) is 3.26. The molecule has 5 heteroatoms. The van der Waals surface area contributed by atoms with Crippen LogP contribution in [0.3, 0.4) is 0 Å². The molecule has 1 saturated heterocycles. The summed E-state index contributed by atoms with van der Waals surface area (Å²) < 4.78 is 0. The monoisotopic (exact) mass is 504 g/mol. The lowest BCUT2D eigenvalue weighted by atomic mass is 9.71. The molecular weight excluding hydrogens is 448 g/mol. The van der Waals surface area contributed by atoms with Crippen molar-refractivity contribution in [3.8, 4) is 0 Å². The van der Waals surface area contributed by atoms with Crippen molar-refractivity contribution >= 4 is 5.97 Å². The van der Waals surface area contributed by atoms with Gasteiger partial charge in [-0.3, -0.25) is 15.0 Å². The predicted octanol–water partition coefficient (Wildman–Crippen LogP) is 6.44. The molecule has 4 aliphatic rings. The Bertz CT molecular complexity index is 678. The van der Waals surface area contributed by atoms with Crippen molar-refractivity contribution < 1.29 is 15.0 Å². The molecular formula is C31H56N2O3. The van der Waals surface area contributed by atoms with E-state index in [1.54, 1.807) is 0 Å². The molecule has 0 radical (unpaired) electrons. The number of carboxylic acid groups (broad SMARTS) is 1. The summed E-state index contributed by atoms with van der Waals surface area (Å²) in [4.78, 5) is 14.2. The Morgan fingerprint density at radius 3 is 2.25 bits per heavy atom. The standard InChI is InChI=1S/C31H56N2O3/c1-31(2,3)30(36)32-20-24-10-15-26(16-11-24)33-21-25(14-9-22-7-5-4-6-8-22)27-19-23(12-17-28(27)33)13-18-29(34)35/h22-28,30,32,36H,4-21H2,1-3H3,(H,34,35). The third-order valence-corrected chi connectivity index (χ3v) is 10.6. The van der Waals surface area contributed by atoms with Gasteiger partial charge in [0.2, 0.25) is 0 Å². The summed E-state index contributed by atoms with van der Waals surface area (Å²) in [6.07, 6.45) is 19.8. The van der Waals surface area contributed by atoms with E-state index in [1.807, 2.05) is 0 Å². The second kappa shape index (κ2) is 12.9. The number of aliphatic hydroxyl groups excluding tert-OH is 1. The van der Waals surface area contributed by atoms with Crippen molar-refractivity contribution in [2.24, 2.45) is 35.0 Å². The quantitative estimate of drug-likeness (QED) is 0.299. The maximum absolute atomic E-state index is 11.2. The van der Waals surface area contributed by atoms with Gasteiger partial charge >= 0.3 is 5.97 Å². The molecule has 36 heavy (non-hydrogen) atoms. The summed E-state index contributed by atoms with van der Waals surface area (Å²) in [6.45, 7) is 8.50. The number of carboxylic acids is 1. The number of likely N-dealkylation sites (tertiary alicyclic amines) is 1. The zero-order chi connectivity index (χ0) is 25.7. The van der Waals surface area contributed by atoms with Crippen molar-refractivity contribution in [3.05, 3.63) is 0 Å². The van der Waals surface area contributed by atoms with E-state index in [2.05, 4.69) is 31.0 Å². The number of fused-ring (bicyclic) bond motifs is 1. The fourth-order valence-electron chi connectivity index (χ4n) is 8.25. The fraction of sp³-hybridized carbons (Fsp3) is 0.968. The van der Waals surface area contributed by atoms with E-state index in [0.29, 0.717) is 18.3 Å². The zero-order valence-electron chi connectivity index (χ0n) is 23.6. The maximum atomic E-state index is 11.2. The highest BCUT2D eigenvalue weighted by Crippen LogP contribution is 2.48. The van der Waals surface area contributed by atoms with Gasteiger partial charge in [-0.1, -0.05) is 59.3 Å². The van der Waals surface area contributed by atoms with E-state index in [4.69, 9.17) is 0 Å². The molecule has 0 amide bonds. The van der Waals surface area contributed by atoms with Gasteiger partial charge in [0.1, 0.15) is 6.23 Å². The third kappa shape index (κ3) is 7.69. The van der Waals surface area contributed by atoms with E-state index >= 15 is 0 Å². The normalized spacial score (nSPS) is 35.4. The Labute approximate surface area is 221 Å². The van der Waals surface area contributed by atoms with Gasteiger partial charge in [0, 0.05) is 37.0 Å². The second-order valence-electron chi connectivity index (χ2n) is 14.2. The van der Waals surface area contributed by atoms with Gasteiger partial charge in [-0.2, -0.15) is 0 Å². The molecule has 1 heterocycles. The summed E-state index contributed by atoms with van der Waals surface area (Å²) in [5, 5.41) is 23.0. The first-order valence-corrected chi connectivity index (χ1v) is 15.6. The fourth-order valence-corrected chi connectivity index (χ4v) is 8.25. The van der Waals surface area contributed by atoms with E-state index in [0.717, 1.165) is 42.8 Å². The molecule has 4 rings (SSSR count). The molecule has 0 aromatic heterocycles. The van der Waals surface area contributed by atoms with E-state index in [-0.39, 0.29) is 5.41 Å². The predicted molar refractivity (Wildman–Crippen MR) is 147 cm³/mol. The van der Waals surface area contributed by atoms with Gasteiger partial charge in [-0.25, -0.2) is 0 Å². The number of nitrogens with one attached hydrogen (secondary N) is 1. The number of aliphatic carboxylic acids is 1. The Hall–Kier alpha value is -0.650. The molecule has 3 N–H and O–H groups in total. The van der Waals surface area contributed by atoms with Crippen LogP contribution in [0.4, 0.5) is 0 Å². The maximum Gasteiger partial charge on any atom is 0.303 e. The topological polar surface area (TPSA) is 72.8 Å². The van der Waals surface area contributed by atoms with E-state index in [9.17, 15) is 15.0 Å². The molecule has 3 aliphatic carbocycles. The Kier molecular flexibility index (Phi) is 10.2. The van der Waals surface area contributed by atoms with Crippen molar-refractivity contribution in [1.82, 2.24) is 10.2 Å². The molecule has 0 spiro atoms. The number of rotatable bonds is 10. The highest BCUT2D eigenvalue weighted by Gasteiger charge is 2.47. The number of hydrogen-bond acceptors (Lipinski definition) is 4. The minimum atomic E-state index is -0.625. The SMILES string of the molecule is CC(C)(C)C(O)NCC1CCC(N2CC(CCC3CCCCC3)C3CC(CCC(=O)O)CCC32)CC1. The number of nitrogens with zero attached hydrogens (tertiary/aromatic N) is 1. The van der Waals surface area contributed by atoms with Crippen LogP contribution in [0.25, 0.3) is 0 Å². The van der Waals surface area contributed by atoms with Gasteiger partial charge in [0.25, 0.3) is 0 Å². The van der Waals surface area contributed by atoms with Crippen LogP contribution in [0.1, 0.15) is 124 Å². The first-order valence-electron chi connectivity index (χ1n) is 15.6. The summed E-state index contributed by atoms with van der Waals surface area (Å²) in [6, 6.07) is 1.47. The van der Waals surface area contributed by atoms with Gasteiger partial charge < -0.3 is 10.2 Å². The van der Waals surface area contributed by atoms with Crippen LogP contribution in [0.2, 0.25) is 0 Å². The summed E-state index contributed by atoms with van der Waals surface area (Å²) in [5.41, 5.74) is -0.113. The van der Waals surface area contributed by atoms with Crippen molar-refractivity contribution in [1.29, 1.82) is 0 Å². The van der Waals surface area contributed by atoms with Gasteiger partial charge in [0.05, 0.1) is 0 Å². The molecule has 208 valence electrons. The zero-order valence-corrected chi connectivity index (χ0v) is 23.6. The number of aliphatic hydroxyl groups is 1. The molecule has 3 saturated carbocycles. The Balaban J connectivity index is 1.31. The molecule has 5 nitrogen and oxygen atoms in total. The van der Waals surface area contributed by atoms with Crippen LogP contribution in [0, 0.1) is 35.0 Å². The molecule has 4 fully saturated rings. The van der Waals surface area contributed by atoms with Crippen molar-refractivity contribution in [2.45, 2.75) is 142 Å². The molecule has 0 bridgehead atoms. The van der Waals surface area contributed by atoms with Crippen LogP contribution in [0.5, 0.6) is 0 Å². The molecule has 0 aromatic carbocycles. The van der Waals surface area contributed by atoms with E-state index < -0.39 is 12.2 Å². The van der Waals surface area contributed by atoms with Crippen molar-refractivity contribution in [2.75, 3.05) is 13.1 Å². The molecule has 1 aliphatic heterocycles. The lowest BCUT2D eigenvalue weighted by molar-refractivity contribution is -0.137. The largest absolute Gasteiger partial charge is 0.481 e. The average molecular weight is 505 g/mol. The van der Waals surface area contributed by atoms with Gasteiger partial charge in [-0.15, -0.1) is 0 Å². The highest BCUT2D eigenvalue weighted by atomic mass is 16.4. The lowest BCUT2D eigenvalue weighted by Gasteiger charge is -2.42. The van der Waals surface area contributed by atoms with Crippen LogP contribution in [-0.2, 0) is 4.79 Å². The van der Waals surface area contributed by atoms with Crippen LogP contribution < -0.4 is 5.32 Å². The molecule has 5 atom stereocenters. The van der Waals surface area contributed by atoms with Crippen LogP contribution in [-0.4, -0.2) is 52.5 Å². The Morgan fingerprint density at radius 1 is 0.889 bits per heavy atom. The molecule has 0 aromatic rings. The Morgan fingerprint density at radius 2 is 1.58 bits per heavy atom. The van der Waals surface area contributed by atoms with Crippen LogP contribution >= 0.6 is 0 Å². The lowest BCUT2D eigenvalue weighted by Crippen LogP contribution is -2.46. The third-order valence-electron chi connectivity index (χ3n) is 10.6. The molecule has 5 unspecified atom stereocenters. The van der Waals surface area contributed by atoms with Gasteiger partial charge in [-0.05, 0) is 87.4 Å². The first kappa shape index (κ1) is 28.4. The van der Waals surface area contributed by atoms with Gasteiger partial charge in [0.15, 0.2) is 0 Å². The second-order valence-corrected chi connectivity index (χ2v) is 14.2. The minimum Gasteiger partial charge on any atom is -0.481 e. The van der Waals surface area contributed by atoms with Crippen LogP contribution in [0.15, 0.2) is 0 Å². The highest BCUT2D eigenvalue weighted by molar-refractivity contribution is 5.66. The van der Waals surface area contributed by atoms with E-state index in [1.165, 1.54) is 96.4 Å². The summed E-state index contributed by atoms with van der Waals surface area (Å²) in [7, 11) is 0. The van der Waals surface area contributed by atoms with Crippen molar-refractivity contribution in [3.63, 3.8) is 0 Å².